The summed E-state index contributed by atoms with van der Waals surface area (Å²) in [6, 6.07) is 0. The Kier molecular flexibility index (Phi) is 12.0. The zero-order valence-corrected chi connectivity index (χ0v) is 14.0. The van der Waals surface area contributed by atoms with Crippen LogP contribution in [0.4, 0.5) is 0 Å². The van der Waals surface area contributed by atoms with E-state index in [1.165, 1.54) is 5.57 Å². The van der Waals surface area contributed by atoms with E-state index in [9.17, 15) is 4.57 Å². The largest absolute Gasteiger partial charge is 0.694 e. The molecule has 0 saturated heterocycles. The zero-order chi connectivity index (χ0) is 15.4. The molecule has 0 aromatic carbocycles. The molecule has 0 saturated carbocycles. The number of allylic oxidation sites excluding steroid dienone is 1. The third kappa shape index (κ3) is 12.5. The van der Waals surface area contributed by atoms with Gasteiger partial charge in [0.1, 0.15) is 6.10 Å². The van der Waals surface area contributed by atoms with Crippen LogP contribution in [0.1, 0.15) is 46.5 Å². The Balaban J connectivity index is 3.72. The van der Waals surface area contributed by atoms with Crippen molar-refractivity contribution in [2.24, 2.45) is 5.92 Å². The summed E-state index contributed by atoms with van der Waals surface area (Å²) < 4.78 is 20.4. The Bertz CT molecular complexity index is 297. The van der Waals surface area contributed by atoms with E-state index in [-0.39, 0.29) is 6.10 Å². The van der Waals surface area contributed by atoms with Crippen LogP contribution in [0.2, 0.25) is 0 Å². The average Bonchev–Trinajstić information content (AvgIpc) is 2.33. The Hall–Kier alpha value is -0.480. The first kappa shape index (κ1) is 19.5. The summed E-state index contributed by atoms with van der Waals surface area (Å²) in [5.41, 5.74) is 1.33. The third-order valence-corrected chi connectivity index (χ3v) is 3.53. The maximum Gasteiger partial charge on any atom is 0.694 e. The second-order valence-corrected chi connectivity index (χ2v) is 6.03. The first-order chi connectivity index (χ1) is 9.45. The fourth-order valence-electron chi connectivity index (χ4n) is 2.00. The molecular weight excluding hydrogens is 277 g/mol. The highest BCUT2D eigenvalue weighted by Crippen LogP contribution is 2.21. The summed E-state index contributed by atoms with van der Waals surface area (Å²) in [5.74, 6) is 0.387. The van der Waals surface area contributed by atoms with Crippen LogP contribution in [0.5, 0.6) is 0 Å². The molecule has 6 heteroatoms. The molecule has 20 heavy (non-hydrogen) atoms. The lowest BCUT2D eigenvalue weighted by Crippen LogP contribution is -2.20. The summed E-state index contributed by atoms with van der Waals surface area (Å²) in [5, 5.41) is 3.30. The van der Waals surface area contributed by atoms with Crippen LogP contribution in [-0.2, 0) is 13.8 Å². The Morgan fingerprint density at radius 1 is 1.40 bits per heavy atom. The predicted octanol–water partition coefficient (Wildman–Crippen LogP) is 3.38. The van der Waals surface area contributed by atoms with Gasteiger partial charge in [-0.15, -0.1) is 9.42 Å². The molecule has 0 aliphatic carbocycles. The highest BCUT2D eigenvalue weighted by Gasteiger charge is 2.20. The van der Waals surface area contributed by atoms with Crippen molar-refractivity contribution in [3.63, 3.8) is 0 Å². The van der Waals surface area contributed by atoms with E-state index in [2.05, 4.69) is 25.4 Å². The van der Waals surface area contributed by atoms with Crippen molar-refractivity contribution in [2.45, 2.75) is 52.6 Å². The fraction of sp³-hybridized carbons (Fsp3) is 0.857. The van der Waals surface area contributed by atoms with E-state index in [1.54, 1.807) is 7.11 Å². The molecule has 0 fully saturated rings. The summed E-state index contributed by atoms with van der Waals surface area (Å²) in [4.78, 5) is 8.66. The van der Waals surface area contributed by atoms with Crippen molar-refractivity contribution in [3.8, 4) is 0 Å². The molecule has 118 valence electrons. The van der Waals surface area contributed by atoms with E-state index >= 15 is 0 Å². The molecule has 2 N–H and O–H groups in total. The van der Waals surface area contributed by atoms with E-state index in [1.807, 2.05) is 6.92 Å². The van der Waals surface area contributed by atoms with Crippen LogP contribution in [-0.4, -0.2) is 31.3 Å². The molecule has 0 rings (SSSR count). The molecule has 0 heterocycles. The monoisotopic (exact) mass is 306 g/mol. The lowest BCUT2D eigenvalue weighted by molar-refractivity contribution is 0.178. The molecular formula is C14H29NO4P+. The highest BCUT2D eigenvalue weighted by molar-refractivity contribution is 7.32. The quantitative estimate of drug-likeness (QED) is 0.427. The van der Waals surface area contributed by atoms with Gasteiger partial charge in [0.15, 0.2) is 0 Å². The molecule has 0 aliphatic heterocycles. The molecule has 3 atom stereocenters. The molecule has 0 spiro atoms. The molecule has 0 aromatic heterocycles. The first-order valence-corrected chi connectivity index (χ1v) is 8.29. The second kappa shape index (κ2) is 12.3. The van der Waals surface area contributed by atoms with Gasteiger partial charge in [-0.1, -0.05) is 12.5 Å². The molecule has 0 amide bonds. The lowest BCUT2D eigenvalue weighted by Gasteiger charge is -2.13. The van der Waals surface area contributed by atoms with Crippen molar-refractivity contribution in [1.29, 1.82) is 0 Å². The Labute approximate surface area is 123 Å². The minimum absolute atomic E-state index is 0.195. The standard InChI is InChI=1S/C14H28NO4P/c1-12(7-5-6-8-18-4)10-15-11-13(2)9-14(3)19-20(16)17/h10,13-15H,5-9,11H2,1-4H3/p+1/b12-10+. The van der Waals surface area contributed by atoms with Crippen molar-refractivity contribution in [2.75, 3.05) is 20.3 Å². The summed E-state index contributed by atoms with van der Waals surface area (Å²) in [6.07, 6.45) is 5.93. The number of rotatable bonds is 12. The van der Waals surface area contributed by atoms with Gasteiger partial charge in [0.25, 0.3) is 0 Å². The van der Waals surface area contributed by atoms with Crippen molar-refractivity contribution in [3.05, 3.63) is 11.8 Å². The summed E-state index contributed by atoms with van der Waals surface area (Å²) >= 11 is 0. The van der Waals surface area contributed by atoms with Gasteiger partial charge in [-0.2, -0.15) is 0 Å². The number of hydrogen-bond donors (Lipinski definition) is 2. The normalized spacial score (nSPS) is 15.8. The van der Waals surface area contributed by atoms with Gasteiger partial charge in [-0.25, -0.2) is 0 Å². The lowest BCUT2D eigenvalue weighted by atomic mass is 10.0. The zero-order valence-electron chi connectivity index (χ0n) is 13.1. The maximum atomic E-state index is 10.5. The number of unbranched alkanes of at least 4 members (excludes halogenated alkanes) is 1. The SMILES string of the molecule is COCCCC/C(C)=C/NCC(C)CC(C)O[P+](=O)O. The fourth-order valence-corrected chi connectivity index (χ4v) is 2.40. The Morgan fingerprint density at radius 2 is 2.10 bits per heavy atom. The molecule has 0 aromatic rings. The third-order valence-electron chi connectivity index (χ3n) is 2.99. The van der Waals surface area contributed by atoms with E-state index < -0.39 is 8.25 Å². The van der Waals surface area contributed by atoms with Crippen LogP contribution in [0, 0.1) is 5.92 Å². The van der Waals surface area contributed by atoms with E-state index in [0.29, 0.717) is 5.92 Å². The average molecular weight is 306 g/mol. The first-order valence-electron chi connectivity index (χ1n) is 7.16. The van der Waals surface area contributed by atoms with Gasteiger partial charge in [-0.05, 0) is 51.6 Å². The van der Waals surface area contributed by atoms with Crippen LogP contribution in [0.25, 0.3) is 0 Å². The molecule has 3 unspecified atom stereocenters. The van der Waals surface area contributed by atoms with Crippen LogP contribution >= 0.6 is 8.25 Å². The number of ether oxygens (including phenoxy) is 1. The number of nitrogens with one attached hydrogen (secondary N) is 1. The van der Waals surface area contributed by atoms with Gasteiger partial charge in [0.05, 0.1) is 0 Å². The van der Waals surface area contributed by atoms with Crippen LogP contribution in [0.3, 0.4) is 0 Å². The van der Waals surface area contributed by atoms with Gasteiger partial charge in [-0.3, -0.25) is 0 Å². The minimum Gasteiger partial charge on any atom is -0.391 e. The minimum atomic E-state index is -2.50. The van der Waals surface area contributed by atoms with Crippen LogP contribution < -0.4 is 5.32 Å². The Morgan fingerprint density at radius 3 is 2.70 bits per heavy atom. The van der Waals surface area contributed by atoms with Gasteiger partial charge >= 0.3 is 8.25 Å². The molecule has 0 radical (unpaired) electrons. The smallest absolute Gasteiger partial charge is 0.391 e. The molecule has 0 bridgehead atoms. The molecule has 5 nitrogen and oxygen atoms in total. The number of hydrogen-bond acceptors (Lipinski definition) is 4. The van der Waals surface area contributed by atoms with E-state index in [4.69, 9.17) is 14.2 Å². The van der Waals surface area contributed by atoms with Crippen molar-refractivity contribution >= 4 is 8.25 Å². The highest BCUT2D eigenvalue weighted by atomic mass is 31.1. The van der Waals surface area contributed by atoms with E-state index in [0.717, 1.165) is 38.8 Å². The summed E-state index contributed by atoms with van der Waals surface area (Å²) in [6.45, 7) is 7.69. The topological polar surface area (TPSA) is 67.8 Å². The molecule has 0 aliphatic rings. The van der Waals surface area contributed by atoms with Crippen molar-refractivity contribution < 1.29 is 18.7 Å². The second-order valence-electron chi connectivity index (χ2n) is 5.34. The maximum absolute atomic E-state index is 10.5. The van der Waals surface area contributed by atoms with Gasteiger partial charge in [0.2, 0.25) is 0 Å². The predicted molar refractivity (Wildman–Crippen MR) is 81.6 cm³/mol. The number of methoxy groups -OCH3 is 1. The summed E-state index contributed by atoms with van der Waals surface area (Å²) in [7, 11) is -0.771. The van der Waals surface area contributed by atoms with Crippen molar-refractivity contribution in [1.82, 2.24) is 5.32 Å². The van der Waals surface area contributed by atoms with Crippen LogP contribution in [0.15, 0.2) is 11.8 Å². The van der Waals surface area contributed by atoms with Gasteiger partial charge < -0.3 is 10.1 Å². The van der Waals surface area contributed by atoms with Gasteiger partial charge in [0, 0.05) is 24.8 Å².